The highest BCUT2D eigenvalue weighted by Gasteiger charge is 2.47. The Morgan fingerprint density at radius 3 is 2.88 bits per heavy atom. The van der Waals surface area contributed by atoms with E-state index in [1.807, 2.05) is 17.5 Å². The quantitative estimate of drug-likeness (QED) is 0.778. The molecule has 5 nitrogen and oxygen atoms in total. The Morgan fingerprint density at radius 1 is 1.46 bits per heavy atom. The summed E-state index contributed by atoms with van der Waals surface area (Å²) in [6, 6.07) is 3.94. The number of carbonyl (C=O) groups is 1. The summed E-state index contributed by atoms with van der Waals surface area (Å²) >= 11 is 1.63. The van der Waals surface area contributed by atoms with E-state index in [9.17, 15) is 9.90 Å². The fourth-order valence-electron chi connectivity index (χ4n) is 4.21. The van der Waals surface area contributed by atoms with Crippen molar-refractivity contribution in [1.82, 2.24) is 10.3 Å². The van der Waals surface area contributed by atoms with Crippen LogP contribution in [-0.4, -0.2) is 41.9 Å². The third kappa shape index (κ3) is 2.76. The Bertz CT molecular complexity index is 679. The molecule has 3 N–H and O–H groups in total. The Labute approximate surface area is 145 Å². The van der Waals surface area contributed by atoms with Gasteiger partial charge in [-0.3, -0.25) is 4.79 Å². The number of aliphatic hydroxyl groups excluding tert-OH is 1. The van der Waals surface area contributed by atoms with Gasteiger partial charge in [-0.1, -0.05) is 6.42 Å². The van der Waals surface area contributed by atoms with E-state index in [1.54, 1.807) is 11.3 Å². The number of rotatable bonds is 5. The zero-order chi connectivity index (χ0) is 16.6. The van der Waals surface area contributed by atoms with Gasteiger partial charge in [-0.15, -0.1) is 11.3 Å². The van der Waals surface area contributed by atoms with Crippen LogP contribution in [0.2, 0.25) is 0 Å². The molecule has 1 saturated heterocycles. The topological polar surface area (TPSA) is 74.3 Å². The first kappa shape index (κ1) is 16.1. The minimum atomic E-state index is -0.151. The molecule has 0 radical (unpaired) electrons. The molecule has 1 unspecified atom stereocenters. The fraction of sp³-hybridized carbons (Fsp3) is 0.611. The summed E-state index contributed by atoms with van der Waals surface area (Å²) < 4.78 is 6.59. The molecule has 4 rings (SSSR count). The summed E-state index contributed by atoms with van der Waals surface area (Å²) in [5.74, 6) is 0.320. The number of amides is 1. The third-order valence-corrected chi connectivity index (χ3v) is 6.70. The molecule has 3 heterocycles. The summed E-state index contributed by atoms with van der Waals surface area (Å²) in [6.07, 6.45) is 5.02. The number of H-pyrrole nitrogens is 1. The normalized spacial score (nSPS) is 22.2. The lowest BCUT2D eigenvalue weighted by molar-refractivity contribution is -0.0379. The van der Waals surface area contributed by atoms with Gasteiger partial charge >= 0.3 is 0 Å². The van der Waals surface area contributed by atoms with Gasteiger partial charge in [0.2, 0.25) is 0 Å². The first-order valence-corrected chi connectivity index (χ1v) is 9.65. The molecule has 1 atom stereocenters. The van der Waals surface area contributed by atoms with Crippen LogP contribution in [-0.2, 0) is 4.74 Å². The van der Waals surface area contributed by atoms with Gasteiger partial charge in [0.05, 0.1) is 16.8 Å². The highest BCUT2D eigenvalue weighted by Crippen LogP contribution is 2.47. The minimum Gasteiger partial charge on any atom is -0.396 e. The van der Waals surface area contributed by atoms with Crippen molar-refractivity contribution in [3.63, 3.8) is 0 Å². The Hall–Kier alpha value is -1.37. The lowest BCUT2D eigenvalue weighted by atomic mass is 9.60. The number of hydrogen-bond donors (Lipinski definition) is 3. The number of hydrogen-bond acceptors (Lipinski definition) is 4. The van der Waals surface area contributed by atoms with Gasteiger partial charge in [-0.2, -0.15) is 0 Å². The molecular formula is C18H24N2O3S. The molecule has 0 bridgehead atoms. The van der Waals surface area contributed by atoms with E-state index in [2.05, 4.69) is 10.3 Å². The van der Waals surface area contributed by atoms with Crippen LogP contribution >= 0.6 is 11.3 Å². The van der Waals surface area contributed by atoms with Crippen LogP contribution in [0.3, 0.4) is 0 Å². The van der Waals surface area contributed by atoms with Crippen LogP contribution in [0, 0.1) is 11.3 Å². The monoisotopic (exact) mass is 348 g/mol. The smallest absolute Gasteiger partial charge is 0.268 e. The second kappa shape index (κ2) is 6.50. The average Bonchev–Trinajstić information content (AvgIpc) is 3.16. The number of fused-ring (bicyclic) bond motifs is 1. The molecule has 1 aliphatic carbocycles. The first-order valence-electron chi connectivity index (χ1n) is 8.77. The summed E-state index contributed by atoms with van der Waals surface area (Å²) in [5, 5.41) is 15.3. The highest BCUT2D eigenvalue weighted by atomic mass is 32.1. The molecule has 1 saturated carbocycles. The number of nitrogens with one attached hydrogen (secondary N) is 2. The first-order chi connectivity index (χ1) is 11.7. The summed E-state index contributed by atoms with van der Waals surface area (Å²) in [7, 11) is 0. The third-order valence-electron chi connectivity index (χ3n) is 5.83. The second-order valence-electron chi connectivity index (χ2n) is 7.16. The Kier molecular flexibility index (Phi) is 4.37. The number of aromatic nitrogens is 1. The van der Waals surface area contributed by atoms with Gasteiger partial charge in [0, 0.05) is 24.7 Å². The number of aliphatic hydroxyl groups is 1. The van der Waals surface area contributed by atoms with Crippen LogP contribution in [0.15, 0.2) is 17.5 Å². The van der Waals surface area contributed by atoms with E-state index in [0.717, 1.165) is 55.5 Å². The largest absolute Gasteiger partial charge is 0.396 e. The van der Waals surface area contributed by atoms with E-state index in [1.165, 1.54) is 0 Å². The van der Waals surface area contributed by atoms with Crippen molar-refractivity contribution in [1.29, 1.82) is 0 Å². The molecule has 0 aromatic carbocycles. The average molecular weight is 348 g/mol. The molecule has 6 heteroatoms. The lowest BCUT2D eigenvalue weighted by Crippen LogP contribution is -2.57. The van der Waals surface area contributed by atoms with E-state index < -0.39 is 0 Å². The maximum atomic E-state index is 12.8. The maximum Gasteiger partial charge on any atom is 0.268 e. The standard InChI is InChI=1S/C18H24N2O3S/c21-11-18(5-1-6-18)16(12-2-7-23-8-3-12)20-17(22)14-10-15-13(19-14)4-9-24-15/h4,9-10,12,16,19,21H,1-3,5-8,11H2,(H,20,22). The summed E-state index contributed by atoms with van der Waals surface area (Å²) in [4.78, 5) is 16.0. The molecule has 2 aromatic heterocycles. The van der Waals surface area contributed by atoms with Crippen molar-refractivity contribution in [3.8, 4) is 0 Å². The summed E-state index contributed by atoms with van der Waals surface area (Å²) in [6.45, 7) is 1.64. The molecular weight excluding hydrogens is 324 g/mol. The van der Waals surface area contributed by atoms with Gasteiger partial charge in [-0.05, 0) is 49.1 Å². The van der Waals surface area contributed by atoms with Crippen molar-refractivity contribution in [2.45, 2.75) is 38.1 Å². The molecule has 1 aliphatic heterocycles. The van der Waals surface area contributed by atoms with E-state index in [4.69, 9.17) is 4.74 Å². The van der Waals surface area contributed by atoms with Crippen LogP contribution in [0.5, 0.6) is 0 Å². The van der Waals surface area contributed by atoms with E-state index in [-0.39, 0.29) is 24.0 Å². The number of carbonyl (C=O) groups excluding carboxylic acids is 1. The molecule has 130 valence electrons. The Morgan fingerprint density at radius 2 is 2.25 bits per heavy atom. The number of thiophene rings is 1. The molecule has 0 spiro atoms. The predicted molar refractivity (Wildman–Crippen MR) is 94.3 cm³/mol. The molecule has 2 aromatic rings. The fourth-order valence-corrected chi connectivity index (χ4v) is 4.99. The van der Waals surface area contributed by atoms with Gasteiger partial charge < -0.3 is 20.1 Å². The molecule has 1 amide bonds. The lowest BCUT2D eigenvalue weighted by Gasteiger charge is -2.50. The van der Waals surface area contributed by atoms with Crippen molar-refractivity contribution < 1.29 is 14.6 Å². The van der Waals surface area contributed by atoms with Crippen LogP contribution < -0.4 is 5.32 Å². The van der Waals surface area contributed by atoms with Crippen LogP contribution in [0.1, 0.15) is 42.6 Å². The zero-order valence-electron chi connectivity index (χ0n) is 13.7. The van der Waals surface area contributed by atoms with Crippen molar-refractivity contribution >= 4 is 27.5 Å². The SMILES string of the molecule is O=C(NC(C1CCOCC1)C1(CO)CCC1)c1cc2sccc2[nH]1. The second-order valence-corrected chi connectivity index (χ2v) is 8.10. The Balaban J connectivity index is 1.56. The van der Waals surface area contributed by atoms with Gasteiger partial charge in [0.25, 0.3) is 5.91 Å². The predicted octanol–water partition coefficient (Wildman–Crippen LogP) is 2.92. The zero-order valence-corrected chi connectivity index (χ0v) is 14.5. The van der Waals surface area contributed by atoms with Crippen LogP contribution in [0.4, 0.5) is 0 Å². The van der Waals surface area contributed by atoms with Gasteiger partial charge in [0.15, 0.2) is 0 Å². The van der Waals surface area contributed by atoms with Crippen molar-refractivity contribution in [2.75, 3.05) is 19.8 Å². The van der Waals surface area contributed by atoms with Gasteiger partial charge in [0.1, 0.15) is 5.69 Å². The molecule has 2 aliphatic rings. The maximum absolute atomic E-state index is 12.8. The highest BCUT2D eigenvalue weighted by molar-refractivity contribution is 7.17. The van der Waals surface area contributed by atoms with E-state index in [0.29, 0.717) is 11.6 Å². The number of ether oxygens (including phenoxy) is 1. The molecule has 2 fully saturated rings. The van der Waals surface area contributed by atoms with Gasteiger partial charge in [-0.25, -0.2) is 0 Å². The summed E-state index contributed by atoms with van der Waals surface area (Å²) in [5.41, 5.74) is 1.47. The minimum absolute atomic E-state index is 0.0222. The number of aromatic amines is 1. The van der Waals surface area contributed by atoms with Crippen molar-refractivity contribution in [2.24, 2.45) is 11.3 Å². The molecule has 24 heavy (non-hydrogen) atoms. The van der Waals surface area contributed by atoms with Crippen LogP contribution in [0.25, 0.3) is 10.2 Å². The van der Waals surface area contributed by atoms with E-state index >= 15 is 0 Å². The van der Waals surface area contributed by atoms with Crippen molar-refractivity contribution in [3.05, 3.63) is 23.2 Å².